The van der Waals surface area contributed by atoms with E-state index < -0.39 is 0 Å². The smallest absolute Gasteiger partial charge is 0.146 e. The zero-order valence-corrected chi connectivity index (χ0v) is 10.2. The van der Waals surface area contributed by atoms with Crippen LogP contribution in [-0.4, -0.2) is 17.6 Å². The molecule has 1 aromatic rings. The van der Waals surface area contributed by atoms with E-state index in [2.05, 4.69) is 20.9 Å². The highest BCUT2D eigenvalue weighted by atomic mass is 79.9. The highest BCUT2D eigenvalue weighted by molar-refractivity contribution is 9.10. The Morgan fingerprint density at radius 2 is 2.43 bits per heavy atom. The van der Waals surface area contributed by atoms with Crippen LogP contribution in [0, 0.1) is 0 Å². The summed E-state index contributed by atoms with van der Waals surface area (Å²) in [5.41, 5.74) is 5.72. The van der Waals surface area contributed by atoms with Gasteiger partial charge in [0.25, 0.3) is 0 Å². The summed E-state index contributed by atoms with van der Waals surface area (Å²) in [7, 11) is 0. The molecule has 5 heteroatoms. The van der Waals surface area contributed by atoms with E-state index in [-0.39, 0.29) is 6.04 Å². The van der Waals surface area contributed by atoms with Crippen LogP contribution in [-0.2, 0) is 0 Å². The van der Waals surface area contributed by atoms with Gasteiger partial charge in [-0.2, -0.15) is 0 Å². The zero-order chi connectivity index (χ0) is 10.6. The lowest BCUT2D eigenvalue weighted by Gasteiger charge is -2.12. The van der Waals surface area contributed by atoms with Gasteiger partial charge in [0.05, 0.1) is 4.47 Å². The number of pyridine rings is 1. The number of halogens is 2. The molecule has 0 aliphatic carbocycles. The van der Waals surface area contributed by atoms with E-state index in [1.807, 2.05) is 6.92 Å². The van der Waals surface area contributed by atoms with Crippen LogP contribution in [0.3, 0.4) is 0 Å². The lowest BCUT2D eigenvalue weighted by Crippen LogP contribution is -2.26. The van der Waals surface area contributed by atoms with Crippen molar-refractivity contribution in [2.45, 2.75) is 19.4 Å². The summed E-state index contributed by atoms with van der Waals surface area (Å²) in [5.74, 6) is 0.675. The molecular weight excluding hydrogens is 267 g/mol. The van der Waals surface area contributed by atoms with E-state index in [0.717, 1.165) is 6.42 Å². The van der Waals surface area contributed by atoms with Crippen molar-refractivity contribution in [2.75, 3.05) is 6.61 Å². The van der Waals surface area contributed by atoms with Crippen LogP contribution < -0.4 is 10.5 Å². The third kappa shape index (κ3) is 3.12. The number of aromatic nitrogens is 1. The molecule has 0 bridgehead atoms. The van der Waals surface area contributed by atoms with Gasteiger partial charge in [-0.1, -0.05) is 18.5 Å². The van der Waals surface area contributed by atoms with Gasteiger partial charge >= 0.3 is 0 Å². The summed E-state index contributed by atoms with van der Waals surface area (Å²) < 4.78 is 6.15. The summed E-state index contributed by atoms with van der Waals surface area (Å²) in [6.07, 6.45) is 2.48. The van der Waals surface area contributed by atoms with Gasteiger partial charge in [-0.15, -0.1) is 0 Å². The first kappa shape index (κ1) is 11.8. The average Bonchev–Trinajstić information content (AvgIpc) is 2.20. The molecule has 3 nitrogen and oxygen atoms in total. The van der Waals surface area contributed by atoms with Gasteiger partial charge in [-0.05, 0) is 28.4 Å². The molecule has 78 valence electrons. The largest absolute Gasteiger partial charge is 0.491 e. The number of nitrogens with zero attached hydrogens (tertiary/aromatic N) is 1. The van der Waals surface area contributed by atoms with E-state index in [1.54, 1.807) is 12.3 Å². The third-order valence-electron chi connectivity index (χ3n) is 1.79. The third-order valence-corrected chi connectivity index (χ3v) is 3.07. The van der Waals surface area contributed by atoms with E-state index in [1.165, 1.54) is 0 Å². The van der Waals surface area contributed by atoms with E-state index in [4.69, 9.17) is 22.1 Å². The molecule has 0 radical (unpaired) electrons. The number of ether oxygens (including phenoxy) is 1. The lowest BCUT2D eigenvalue weighted by atomic mass is 10.3. The van der Waals surface area contributed by atoms with Crippen LogP contribution >= 0.6 is 27.5 Å². The predicted molar refractivity (Wildman–Crippen MR) is 60.7 cm³/mol. The van der Waals surface area contributed by atoms with Crippen LogP contribution in [0.15, 0.2) is 16.7 Å². The molecule has 2 N–H and O–H groups in total. The maximum Gasteiger partial charge on any atom is 0.146 e. The van der Waals surface area contributed by atoms with Gasteiger partial charge in [-0.25, -0.2) is 4.98 Å². The van der Waals surface area contributed by atoms with Crippen molar-refractivity contribution < 1.29 is 4.74 Å². The fraction of sp³-hybridized carbons (Fsp3) is 0.444. The fourth-order valence-corrected chi connectivity index (χ4v) is 1.33. The van der Waals surface area contributed by atoms with Crippen molar-refractivity contribution in [3.63, 3.8) is 0 Å². The molecule has 1 rings (SSSR count). The maximum absolute atomic E-state index is 5.79. The SMILES string of the molecule is CC[C@H](N)COc1ccnc(Cl)c1Br. The highest BCUT2D eigenvalue weighted by Crippen LogP contribution is 2.29. The predicted octanol–water partition coefficient (Wildman–Crippen LogP) is 2.61. The molecule has 0 aliphatic rings. The van der Waals surface area contributed by atoms with Crippen molar-refractivity contribution in [3.05, 3.63) is 21.9 Å². The molecule has 1 heterocycles. The van der Waals surface area contributed by atoms with E-state index in [0.29, 0.717) is 22.0 Å². The van der Waals surface area contributed by atoms with Crippen molar-refractivity contribution in [3.8, 4) is 5.75 Å². The Balaban J connectivity index is 2.63. The molecule has 0 aliphatic heterocycles. The lowest BCUT2D eigenvalue weighted by molar-refractivity contribution is 0.283. The number of hydrogen-bond acceptors (Lipinski definition) is 3. The molecule has 0 saturated heterocycles. The van der Waals surface area contributed by atoms with Gasteiger partial charge in [0.2, 0.25) is 0 Å². The van der Waals surface area contributed by atoms with Gasteiger partial charge in [-0.3, -0.25) is 0 Å². The Morgan fingerprint density at radius 1 is 1.71 bits per heavy atom. The monoisotopic (exact) mass is 278 g/mol. The summed E-state index contributed by atoms with van der Waals surface area (Å²) in [4.78, 5) is 3.89. The molecule has 0 spiro atoms. The van der Waals surface area contributed by atoms with E-state index >= 15 is 0 Å². The maximum atomic E-state index is 5.79. The molecule has 0 amide bonds. The number of rotatable bonds is 4. The Morgan fingerprint density at radius 3 is 3.07 bits per heavy atom. The number of hydrogen-bond donors (Lipinski definition) is 1. The molecule has 0 saturated carbocycles. The van der Waals surface area contributed by atoms with Gasteiger partial charge in [0, 0.05) is 12.2 Å². The summed E-state index contributed by atoms with van der Waals surface area (Å²) in [6, 6.07) is 1.80. The molecule has 14 heavy (non-hydrogen) atoms. The zero-order valence-electron chi connectivity index (χ0n) is 7.84. The molecular formula is C9H12BrClN2O. The van der Waals surface area contributed by atoms with Gasteiger partial charge < -0.3 is 10.5 Å². The first-order chi connectivity index (χ1) is 6.65. The topological polar surface area (TPSA) is 48.1 Å². The average molecular weight is 280 g/mol. The summed E-state index contributed by atoms with van der Waals surface area (Å²) in [6.45, 7) is 2.50. The number of nitrogens with two attached hydrogens (primary N) is 1. The second-order valence-corrected chi connectivity index (χ2v) is 4.04. The van der Waals surface area contributed by atoms with Gasteiger partial charge in [0.1, 0.15) is 17.5 Å². The second kappa shape index (κ2) is 5.53. The first-order valence-corrected chi connectivity index (χ1v) is 5.50. The van der Waals surface area contributed by atoms with Crippen molar-refractivity contribution in [2.24, 2.45) is 5.73 Å². The molecule has 0 fully saturated rings. The Hall–Kier alpha value is -0.320. The molecule has 0 aromatic carbocycles. The Bertz CT molecular complexity index is 309. The summed E-state index contributed by atoms with van der Waals surface area (Å²) >= 11 is 9.09. The Kier molecular flexibility index (Phi) is 4.65. The minimum atomic E-state index is 0.0499. The summed E-state index contributed by atoms with van der Waals surface area (Å²) in [5, 5.41) is 0.396. The van der Waals surface area contributed by atoms with Crippen LogP contribution in [0.5, 0.6) is 5.75 Å². The molecule has 0 unspecified atom stereocenters. The molecule has 1 aromatic heterocycles. The fourth-order valence-electron chi connectivity index (χ4n) is 0.828. The van der Waals surface area contributed by atoms with Crippen LogP contribution in [0.4, 0.5) is 0 Å². The first-order valence-electron chi connectivity index (χ1n) is 4.33. The quantitative estimate of drug-likeness (QED) is 0.862. The van der Waals surface area contributed by atoms with Crippen molar-refractivity contribution in [1.82, 2.24) is 4.98 Å². The standard InChI is InChI=1S/C9H12BrClN2O/c1-2-6(12)5-14-7-3-4-13-9(11)8(7)10/h3-4,6H,2,5,12H2,1H3/t6-/m0/s1. The highest BCUT2D eigenvalue weighted by Gasteiger charge is 2.07. The van der Waals surface area contributed by atoms with Crippen LogP contribution in [0.25, 0.3) is 0 Å². The van der Waals surface area contributed by atoms with Crippen LogP contribution in [0.1, 0.15) is 13.3 Å². The minimum Gasteiger partial charge on any atom is -0.491 e. The van der Waals surface area contributed by atoms with Crippen molar-refractivity contribution >= 4 is 27.5 Å². The van der Waals surface area contributed by atoms with E-state index in [9.17, 15) is 0 Å². The molecule has 1 atom stereocenters. The minimum absolute atomic E-state index is 0.0499. The normalized spacial score (nSPS) is 12.6. The van der Waals surface area contributed by atoms with Gasteiger partial charge in [0.15, 0.2) is 0 Å². The Labute approximate surface area is 96.7 Å². The second-order valence-electron chi connectivity index (χ2n) is 2.89. The van der Waals surface area contributed by atoms with Crippen LogP contribution in [0.2, 0.25) is 5.15 Å². The van der Waals surface area contributed by atoms with Crippen molar-refractivity contribution in [1.29, 1.82) is 0 Å².